The lowest BCUT2D eigenvalue weighted by atomic mass is 10.0. The molecule has 0 spiro atoms. The molecule has 0 bridgehead atoms. The van der Waals surface area contributed by atoms with Crippen LogP contribution < -0.4 is 10.3 Å². The number of halogens is 1. The molecule has 5 nitrogen and oxygen atoms in total. The van der Waals surface area contributed by atoms with Crippen LogP contribution in [0.5, 0.6) is 5.75 Å². The van der Waals surface area contributed by atoms with E-state index >= 15 is 0 Å². The fourth-order valence-electron chi connectivity index (χ4n) is 3.37. The Morgan fingerprint density at radius 2 is 1.93 bits per heavy atom. The highest BCUT2D eigenvalue weighted by molar-refractivity contribution is 8.14. The molecular weight excluding hydrogens is 389 g/mol. The number of para-hydroxylation sites is 1. The Labute approximate surface area is 172 Å². The third-order valence-electron chi connectivity index (χ3n) is 4.78. The zero-order valence-electron chi connectivity index (χ0n) is 16.5. The van der Waals surface area contributed by atoms with Gasteiger partial charge in [0.15, 0.2) is 5.82 Å². The first kappa shape index (κ1) is 19.5. The summed E-state index contributed by atoms with van der Waals surface area (Å²) >= 11 is 1.55. The minimum Gasteiger partial charge on any atom is -0.489 e. The second-order valence-corrected chi connectivity index (χ2v) is 8.52. The van der Waals surface area contributed by atoms with Crippen LogP contribution in [0.4, 0.5) is 10.2 Å². The van der Waals surface area contributed by atoms with Crippen LogP contribution in [0.1, 0.15) is 48.8 Å². The van der Waals surface area contributed by atoms with Gasteiger partial charge in [-0.1, -0.05) is 42.1 Å². The number of thioether (sulfide) groups is 1. The van der Waals surface area contributed by atoms with Gasteiger partial charge >= 0.3 is 0 Å². The summed E-state index contributed by atoms with van der Waals surface area (Å²) in [5.41, 5.74) is 2.31. The number of nitrogens with one attached hydrogen (secondary N) is 1. The Balaban J connectivity index is 1.70. The lowest BCUT2D eigenvalue weighted by molar-refractivity contribution is 0.303. The fraction of sp³-hybridized carbons (Fsp3) is 0.273. The molecule has 2 aromatic carbocycles. The van der Waals surface area contributed by atoms with E-state index in [2.05, 4.69) is 10.1 Å². The van der Waals surface area contributed by atoms with Crippen molar-refractivity contribution in [2.45, 2.75) is 38.7 Å². The van der Waals surface area contributed by atoms with Gasteiger partial charge in [0.2, 0.25) is 0 Å². The van der Waals surface area contributed by atoms with Crippen molar-refractivity contribution in [3.8, 4) is 5.75 Å². The zero-order chi connectivity index (χ0) is 20.5. The molecule has 0 aliphatic carbocycles. The zero-order valence-corrected chi connectivity index (χ0v) is 17.3. The van der Waals surface area contributed by atoms with Gasteiger partial charge in [0, 0.05) is 11.6 Å². The number of nitrogens with zero attached hydrogens (tertiary/aromatic N) is 2. The molecule has 0 fully saturated rings. The van der Waals surface area contributed by atoms with Crippen LogP contribution in [0.15, 0.2) is 58.3 Å². The minimum atomic E-state index is -0.274. The summed E-state index contributed by atoms with van der Waals surface area (Å²) in [4.78, 5) is 17.4. The number of aromatic amines is 1. The van der Waals surface area contributed by atoms with Crippen molar-refractivity contribution < 1.29 is 9.13 Å². The summed E-state index contributed by atoms with van der Waals surface area (Å²) in [6.07, 6.45) is 0. The molecular formula is C22H22FN3O2S. The number of ether oxygens (including phenoxy) is 1. The van der Waals surface area contributed by atoms with Crippen molar-refractivity contribution in [3.63, 3.8) is 0 Å². The molecule has 0 saturated heterocycles. The van der Waals surface area contributed by atoms with Crippen molar-refractivity contribution in [1.82, 2.24) is 9.78 Å². The second-order valence-electron chi connectivity index (χ2n) is 7.22. The SMILES string of the molecule is CC1=Nc2c(c(=O)[nH]n2C(C)C)[C@@H](c2ccccc2OCc2ccc(F)cc2)S1. The van der Waals surface area contributed by atoms with E-state index in [1.807, 2.05) is 49.7 Å². The largest absolute Gasteiger partial charge is 0.489 e. The summed E-state index contributed by atoms with van der Waals surface area (Å²) in [5.74, 6) is 1.11. The molecule has 0 unspecified atom stereocenters. The molecule has 7 heteroatoms. The van der Waals surface area contributed by atoms with Crippen molar-refractivity contribution in [2.24, 2.45) is 4.99 Å². The van der Waals surface area contributed by atoms with Crippen molar-refractivity contribution in [3.05, 3.63) is 81.4 Å². The summed E-state index contributed by atoms with van der Waals surface area (Å²) < 4.78 is 21.0. The summed E-state index contributed by atoms with van der Waals surface area (Å²) in [6, 6.07) is 14.1. The maximum absolute atomic E-state index is 13.1. The van der Waals surface area contributed by atoms with E-state index in [4.69, 9.17) is 4.74 Å². The van der Waals surface area contributed by atoms with E-state index in [0.717, 1.165) is 16.2 Å². The predicted molar refractivity (Wildman–Crippen MR) is 115 cm³/mol. The number of aliphatic imine (C=N–C) groups is 1. The van der Waals surface area contributed by atoms with Gasteiger partial charge in [-0.05, 0) is 44.5 Å². The molecule has 1 aromatic heterocycles. The first-order chi connectivity index (χ1) is 13.9. The topological polar surface area (TPSA) is 59.4 Å². The van der Waals surface area contributed by atoms with Crippen molar-refractivity contribution in [1.29, 1.82) is 0 Å². The van der Waals surface area contributed by atoms with E-state index in [1.54, 1.807) is 23.9 Å². The molecule has 0 radical (unpaired) electrons. The Morgan fingerprint density at radius 1 is 1.21 bits per heavy atom. The first-order valence-electron chi connectivity index (χ1n) is 9.46. The third kappa shape index (κ3) is 3.87. The highest BCUT2D eigenvalue weighted by Crippen LogP contribution is 2.46. The van der Waals surface area contributed by atoms with Gasteiger partial charge in [-0.2, -0.15) is 0 Å². The molecule has 1 N–H and O–H groups in total. The van der Waals surface area contributed by atoms with E-state index < -0.39 is 0 Å². The summed E-state index contributed by atoms with van der Waals surface area (Å²) in [7, 11) is 0. The second kappa shape index (κ2) is 7.91. The van der Waals surface area contributed by atoms with E-state index in [0.29, 0.717) is 23.7 Å². The molecule has 0 amide bonds. The van der Waals surface area contributed by atoms with Crippen LogP contribution in [-0.4, -0.2) is 14.8 Å². The quantitative estimate of drug-likeness (QED) is 0.615. The Morgan fingerprint density at radius 3 is 2.66 bits per heavy atom. The van der Waals surface area contributed by atoms with Crippen molar-refractivity contribution in [2.75, 3.05) is 0 Å². The van der Waals surface area contributed by atoms with Crippen LogP contribution in [-0.2, 0) is 6.61 Å². The van der Waals surface area contributed by atoms with Crippen LogP contribution in [0.2, 0.25) is 0 Å². The third-order valence-corrected chi connectivity index (χ3v) is 5.93. The number of hydrogen-bond acceptors (Lipinski definition) is 4. The number of hydrogen-bond donors (Lipinski definition) is 1. The number of rotatable bonds is 5. The lowest BCUT2D eigenvalue weighted by Gasteiger charge is -2.23. The van der Waals surface area contributed by atoms with Gasteiger partial charge in [0.25, 0.3) is 5.56 Å². The normalized spacial score (nSPS) is 15.9. The van der Waals surface area contributed by atoms with E-state index in [1.165, 1.54) is 12.1 Å². The fourth-order valence-corrected chi connectivity index (χ4v) is 4.50. The molecule has 2 heterocycles. The first-order valence-corrected chi connectivity index (χ1v) is 10.3. The molecule has 1 atom stereocenters. The Bertz CT molecular complexity index is 1120. The average molecular weight is 412 g/mol. The summed E-state index contributed by atoms with van der Waals surface area (Å²) in [5, 5.41) is 3.60. The number of aromatic nitrogens is 2. The number of fused-ring (bicyclic) bond motifs is 1. The molecule has 150 valence electrons. The van der Waals surface area contributed by atoms with Crippen LogP contribution in [0, 0.1) is 5.82 Å². The van der Waals surface area contributed by atoms with Gasteiger partial charge in [-0.3, -0.25) is 14.6 Å². The highest BCUT2D eigenvalue weighted by atomic mass is 32.2. The molecule has 29 heavy (non-hydrogen) atoms. The van der Waals surface area contributed by atoms with E-state index in [-0.39, 0.29) is 22.7 Å². The number of benzene rings is 2. The van der Waals surface area contributed by atoms with Gasteiger partial charge < -0.3 is 4.74 Å². The van der Waals surface area contributed by atoms with E-state index in [9.17, 15) is 9.18 Å². The molecule has 1 aliphatic heterocycles. The smallest absolute Gasteiger partial charge is 0.271 e. The summed E-state index contributed by atoms with van der Waals surface area (Å²) in [6.45, 7) is 6.29. The molecule has 3 aromatic rings. The highest BCUT2D eigenvalue weighted by Gasteiger charge is 2.32. The van der Waals surface area contributed by atoms with Gasteiger partial charge in [0.1, 0.15) is 18.2 Å². The average Bonchev–Trinajstić information content (AvgIpc) is 3.04. The lowest BCUT2D eigenvalue weighted by Crippen LogP contribution is -2.14. The van der Waals surface area contributed by atoms with Crippen LogP contribution in [0.3, 0.4) is 0 Å². The Hall–Kier alpha value is -2.80. The van der Waals surface area contributed by atoms with Gasteiger partial charge in [-0.15, -0.1) is 0 Å². The van der Waals surface area contributed by atoms with Crippen LogP contribution >= 0.6 is 11.8 Å². The van der Waals surface area contributed by atoms with Crippen molar-refractivity contribution >= 4 is 22.6 Å². The Kier molecular flexibility index (Phi) is 5.32. The standard InChI is InChI=1S/C22H22FN3O2S/c1-13(2)26-21-19(22(27)25-26)20(29-14(3)24-21)17-6-4-5-7-18(17)28-12-15-8-10-16(23)11-9-15/h4-11,13,20H,12H2,1-3H3,(H,25,27)/t20-/m1/s1. The predicted octanol–water partition coefficient (Wildman–Crippen LogP) is 5.36. The van der Waals surface area contributed by atoms with Gasteiger partial charge in [0.05, 0.1) is 15.9 Å². The molecule has 0 saturated carbocycles. The minimum absolute atomic E-state index is 0.0942. The maximum Gasteiger partial charge on any atom is 0.271 e. The molecule has 1 aliphatic rings. The number of H-pyrrole nitrogens is 1. The van der Waals surface area contributed by atoms with Gasteiger partial charge in [-0.25, -0.2) is 9.38 Å². The molecule has 4 rings (SSSR count). The monoisotopic (exact) mass is 411 g/mol. The maximum atomic E-state index is 13.1. The van der Waals surface area contributed by atoms with Crippen LogP contribution in [0.25, 0.3) is 0 Å².